The summed E-state index contributed by atoms with van der Waals surface area (Å²) in [5, 5.41) is 15.8. The average molecular weight is 592 g/mol. The molecule has 0 aliphatic rings. The van der Waals surface area contributed by atoms with Crippen molar-refractivity contribution in [2.75, 3.05) is 0 Å². The molecule has 0 spiro atoms. The first-order chi connectivity index (χ1) is 19.7. The minimum absolute atomic E-state index is 0.0908. The van der Waals surface area contributed by atoms with Gasteiger partial charge in [0, 0.05) is 35.1 Å². The van der Waals surface area contributed by atoms with Crippen molar-refractivity contribution in [1.82, 2.24) is 9.72 Å². The second kappa shape index (κ2) is 12.0. The zero-order chi connectivity index (χ0) is 29.3. The summed E-state index contributed by atoms with van der Waals surface area (Å²) in [6.07, 6.45) is 3.76. The molecule has 2 aromatic heterocycles. The van der Waals surface area contributed by atoms with Gasteiger partial charge in [-0.05, 0) is 60.4 Å². The van der Waals surface area contributed by atoms with E-state index in [4.69, 9.17) is 32.5 Å². The van der Waals surface area contributed by atoms with Crippen molar-refractivity contribution >= 4 is 40.1 Å². The highest BCUT2D eigenvalue weighted by Crippen LogP contribution is 2.39. The summed E-state index contributed by atoms with van der Waals surface area (Å²) in [4.78, 5) is 11.8. The number of carbonyl (C=O) groups is 1. The van der Waals surface area contributed by atoms with Crippen LogP contribution in [0, 0.1) is 6.92 Å². The van der Waals surface area contributed by atoms with Gasteiger partial charge in [0.1, 0.15) is 23.8 Å². The Labute approximate surface area is 249 Å². The van der Waals surface area contributed by atoms with Crippen molar-refractivity contribution in [2.45, 2.75) is 59.6 Å². The molecule has 1 N–H and O–H groups in total. The number of hydrogen-bond acceptors (Lipinski definition) is 4. The van der Waals surface area contributed by atoms with E-state index in [1.165, 1.54) is 0 Å². The van der Waals surface area contributed by atoms with Crippen molar-refractivity contribution < 1.29 is 19.2 Å². The van der Waals surface area contributed by atoms with Gasteiger partial charge >= 0.3 is 5.97 Å². The van der Waals surface area contributed by atoms with Gasteiger partial charge in [-0.2, -0.15) is 0 Å². The normalized spacial score (nSPS) is 11.5. The first-order valence-electron chi connectivity index (χ1n) is 13.7. The number of carboxylic acids is 1. The first kappa shape index (κ1) is 28.8. The van der Waals surface area contributed by atoms with E-state index in [0.717, 1.165) is 58.3 Å². The fourth-order valence-electron chi connectivity index (χ4n) is 5.18. The van der Waals surface area contributed by atoms with Crippen LogP contribution in [-0.4, -0.2) is 20.8 Å². The van der Waals surface area contributed by atoms with E-state index in [9.17, 15) is 9.90 Å². The molecule has 5 rings (SSSR count). The summed E-state index contributed by atoms with van der Waals surface area (Å²) < 4.78 is 14.0. The Hall–Kier alpha value is -3.74. The van der Waals surface area contributed by atoms with Crippen LogP contribution < -0.4 is 4.74 Å². The Kier molecular flexibility index (Phi) is 8.43. The summed E-state index contributed by atoms with van der Waals surface area (Å²) in [5.41, 5.74) is 6.38. The molecule has 41 heavy (non-hydrogen) atoms. The Morgan fingerprint density at radius 2 is 1.85 bits per heavy atom. The SMILES string of the molecule is CCCCn1cc(C(=O)O)c2ccc(-c3ccc(OCc4c(-c5c(Cl)cccc5Cl)noc4C(C)C)cc3C)cc21. The van der Waals surface area contributed by atoms with E-state index in [2.05, 4.69) is 18.1 Å². The predicted octanol–water partition coefficient (Wildman–Crippen LogP) is 9.78. The van der Waals surface area contributed by atoms with E-state index in [1.54, 1.807) is 24.4 Å². The zero-order valence-corrected chi connectivity index (χ0v) is 25.0. The highest BCUT2D eigenvalue weighted by molar-refractivity contribution is 6.39. The molecular weight excluding hydrogens is 559 g/mol. The van der Waals surface area contributed by atoms with Crippen LogP contribution in [0.2, 0.25) is 10.0 Å². The molecule has 0 saturated carbocycles. The third-order valence-electron chi connectivity index (χ3n) is 7.30. The standard InChI is InChI=1S/C33H32Cl2N2O4/c1-5-6-14-37-17-25(33(38)39)24-12-10-21(16-29(24)37)23-13-11-22(15-20(23)4)40-18-26-31(36-41-32(26)19(2)3)30-27(34)8-7-9-28(30)35/h7-13,15-17,19H,5-6,14,18H2,1-4H3,(H,38,39). The van der Waals surface area contributed by atoms with Gasteiger partial charge in [0.25, 0.3) is 0 Å². The number of ether oxygens (including phenoxy) is 1. The number of rotatable bonds is 10. The Morgan fingerprint density at radius 3 is 2.51 bits per heavy atom. The van der Waals surface area contributed by atoms with Crippen LogP contribution in [0.3, 0.4) is 0 Å². The molecule has 5 aromatic rings. The lowest BCUT2D eigenvalue weighted by Gasteiger charge is -2.13. The van der Waals surface area contributed by atoms with Crippen LogP contribution in [0.25, 0.3) is 33.3 Å². The number of hydrogen-bond donors (Lipinski definition) is 1. The van der Waals surface area contributed by atoms with Crippen molar-refractivity contribution in [3.8, 4) is 28.1 Å². The highest BCUT2D eigenvalue weighted by atomic mass is 35.5. The number of fused-ring (bicyclic) bond motifs is 1. The molecule has 0 amide bonds. The van der Waals surface area contributed by atoms with E-state index in [1.807, 2.05) is 55.7 Å². The minimum atomic E-state index is -0.913. The molecule has 0 unspecified atom stereocenters. The summed E-state index contributed by atoms with van der Waals surface area (Å²) in [6, 6.07) is 17.3. The first-order valence-corrected chi connectivity index (χ1v) is 14.5. The second-order valence-corrected chi connectivity index (χ2v) is 11.3. The fraction of sp³-hybridized carbons (Fsp3) is 0.273. The van der Waals surface area contributed by atoms with E-state index >= 15 is 0 Å². The predicted molar refractivity (Wildman–Crippen MR) is 164 cm³/mol. The number of aromatic carboxylic acids is 1. The summed E-state index contributed by atoms with van der Waals surface area (Å²) in [6.45, 7) is 9.26. The number of aromatic nitrogens is 2. The van der Waals surface area contributed by atoms with Gasteiger partial charge in [-0.1, -0.05) is 79.8 Å². The largest absolute Gasteiger partial charge is 0.489 e. The van der Waals surface area contributed by atoms with E-state index < -0.39 is 5.97 Å². The number of aryl methyl sites for hydroxylation is 2. The van der Waals surface area contributed by atoms with Crippen molar-refractivity contribution in [2.24, 2.45) is 0 Å². The van der Waals surface area contributed by atoms with Crippen molar-refractivity contribution in [1.29, 1.82) is 0 Å². The molecule has 6 nitrogen and oxygen atoms in total. The minimum Gasteiger partial charge on any atom is -0.489 e. The lowest BCUT2D eigenvalue weighted by atomic mass is 9.98. The van der Waals surface area contributed by atoms with E-state index in [0.29, 0.717) is 32.6 Å². The Bertz CT molecular complexity index is 1710. The fourth-order valence-corrected chi connectivity index (χ4v) is 5.76. The number of carboxylic acid groups (broad SMARTS) is 1. The Morgan fingerprint density at radius 1 is 1.10 bits per heavy atom. The number of benzene rings is 3. The Balaban J connectivity index is 1.44. The summed E-state index contributed by atoms with van der Waals surface area (Å²) in [5.74, 6) is 0.612. The van der Waals surface area contributed by atoms with Gasteiger partial charge in [0.2, 0.25) is 0 Å². The van der Waals surface area contributed by atoms with Gasteiger partial charge in [-0.3, -0.25) is 0 Å². The van der Waals surface area contributed by atoms with Crippen molar-refractivity contribution in [3.05, 3.63) is 93.3 Å². The van der Waals surface area contributed by atoms with Gasteiger partial charge in [-0.15, -0.1) is 0 Å². The number of unbranched alkanes of at least 4 members (excludes halogenated alkanes) is 1. The molecule has 0 bridgehead atoms. The van der Waals surface area contributed by atoms with E-state index in [-0.39, 0.29) is 12.5 Å². The maximum atomic E-state index is 11.8. The third kappa shape index (κ3) is 5.72. The van der Waals surface area contributed by atoms with Gasteiger partial charge in [-0.25, -0.2) is 4.79 Å². The van der Waals surface area contributed by atoms with Crippen LogP contribution in [0.5, 0.6) is 5.75 Å². The third-order valence-corrected chi connectivity index (χ3v) is 7.93. The molecule has 2 heterocycles. The van der Waals surface area contributed by atoms with Crippen LogP contribution in [0.4, 0.5) is 0 Å². The van der Waals surface area contributed by atoms with Crippen molar-refractivity contribution in [3.63, 3.8) is 0 Å². The van der Waals surface area contributed by atoms with Crippen LogP contribution in [0.15, 0.2) is 65.3 Å². The zero-order valence-electron chi connectivity index (χ0n) is 23.5. The second-order valence-electron chi connectivity index (χ2n) is 10.5. The topological polar surface area (TPSA) is 77.5 Å². The van der Waals surface area contributed by atoms with Gasteiger partial charge < -0.3 is 18.9 Å². The molecule has 0 atom stereocenters. The summed E-state index contributed by atoms with van der Waals surface area (Å²) >= 11 is 13.0. The van der Waals surface area contributed by atoms with Crippen LogP contribution in [0.1, 0.15) is 66.8 Å². The lowest BCUT2D eigenvalue weighted by Crippen LogP contribution is -2.01. The van der Waals surface area contributed by atoms with Crippen LogP contribution in [-0.2, 0) is 13.2 Å². The molecule has 0 fully saturated rings. The molecule has 3 aromatic carbocycles. The molecule has 0 saturated heterocycles. The molecule has 8 heteroatoms. The van der Waals surface area contributed by atoms with Gasteiger partial charge in [0.05, 0.1) is 21.2 Å². The molecular formula is C33H32Cl2N2O4. The lowest BCUT2D eigenvalue weighted by molar-refractivity contribution is 0.0698. The monoisotopic (exact) mass is 590 g/mol. The average Bonchev–Trinajstić information content (AvgIpc) is 3.52. The maximum Gasteiger partial charge on any atom is 0.337 e. The quantitative estimate of drug-likeness (QED) is 0.175. The smallest absolute Gasteiger partial charge is 0.337 e. The maximum absolute atomic E-state index is 11.8. The molecule has 0 aliphatic heterocycles. The van der Waals surface area contributed by atoms with Crippen LogP contribution >= 0.6 is 23.2 Å². The molecule has 0 aliphatic carbocycles. The van der Waals surface area contributed by atoms with Gasteiger partial charge in [0.15, 0.2) is 0 Å². The summed E-state index contributed by atoms with van der Waals surface area (Å²) in [7, 11) is 0. The number of nitrogens with zero attached hydrogens (tertiary/aromatic N) is 2. The number of halogens is 2. The molecule has 0 radical (unpaired) electrons. The molecule has 212 valence electrons. The highest BCUT2D eigenvalue weighted by Gasteiger charge is 2.24.